The van der Waals surface area contributed by atoms with Gasteiger partial charge in [-0.05, 0) is 43.4 Å². The van der Waals surface area contributed by atoms with E-state index in [1.165, 1.54) is 7.11 Å². The lowest BCUT2D eigenvalue weighted by Gasteiger charge is -2.17. The summed E-state index contributed by atoms with van der Waals surface area (Å²) in [5.74, 6) is -1.34. The summed E-state index contributed by atoms with van der Waals surface area (Å²) in [5.41, 5.74) is 1.43. The molecule has 1 fully saturated rings. The number of rotatable bonds is 4. The molecule has 114 valence electrons. The van der Waals surface area contributed by atoms with Gasteiger partial charge in [-0.15, -0.1) is 0 Å². The minimum atomic E-state index is -0.886. The highest BCUT2D eigenvalue weighted by Crippen LogP contribution is 2.40. The predicted octanol–water partition coefficient (Wildman–Crippen LogP) is 3.70. The van der Waals surface area contributed by atoms with Crippen LogP contribution in [0, 0.1) is 24.7 Å². The van der Waals surface area contributed by atoms with Crippen molar-refractivity contribution in [1.82, 2.24) is 0 Å². The van der Waals surface area contributed by atoms with E-state index < -0.39 is 17.8 Å². The summed E-state index contributed by atoms with van der Waals surface area (Å²) in [4.78, 5) is 24.2. The summed E-state index contributed by atoms with van der Waals surface area (Å²) in [6, 6.07) is 3.53. The Morgan fingerprint density at radius 3 is 2.48 bits per heavy atom. The topological polar surface area (TPSA) is 63.6 Å². The number of carbonyl (C=O) groups is 2. The molecular weight excluding hydrogens is 336 g/mol. The van der Waals surface area contributed by atoms with Crippen molar-refractivity contribution in [2.45, 2.75) is 26.7 Å². The fraction of sp³-hybridized carbons (Fsp3) is 0.500. The van der Waals surface area contributed by atoms with Crippen molar-refractivity contribution in [3.63, 3.8) is 0 Å². The number of methoxy groups -OCH3 is 1. The third-order valence-electron chi connectivity index (χ3n) is 4.20. The number of hydrogen-bond donors (Lipinski definition) is 1. The van der Waals surface area contributed by atoms with Crippen LogP contribution in [0.2, 0.25) is 0 Å². The zero-order valence-electron chi connectivity index (χ0n) is 12.4. The number of carboxylic acids is 1. The molecule has 0 saturated heterocycles. The summed E-state index contributed by atoms with van der Waals surface area (Å²) in [7, 11) is 1.52. The Hall–Kier alpha value is -1.36. The third kappa shape index (κ3) is 3.12. The van der Waals surface area contributed by atoms with E-state index in [2.05, 4.69) is 15.9 Å². The van der Waals surface area contributed by atoms with E-state index in [4.69, 9.17) is 4.74 Å². The van der Waals surface area contributed by atoms with Crippen LogP contribution in [0.5, 0.6) is 5.75 Å². The summed E-state index contributed by atoms with van der Waals surface area (Å²) in [6.45, 7) is 3.91. The van der Waals surface area contributed by atoms with Crippen LogP contribution in [0.4, 0.5) is 0 Å². The molecule has 0 heterocycles. The quantitative estimate of drug-likeness (QED) is 0.837. The van der Waals surface area contributed by atoms with Gasteiger partial charge < -0.3 is 9.84 Å². The lowest BCUT2D eigenvalue weighted by molar-refractivity contribution is -0.142. The number of halogens is 1. The molecule has 21 heavy (non-hydrogen) atoms. The lowest BCUT2D eigenvalue weighted by atomic mass is 9.87. The fourth-order valence-corrected chi connectivity index (χ4v) is 3.41. The number of benzene rings is 1. The van der Waals surface area contributed by atoms with E-state index in [0.717, 1.165) is 10.0 Å². The molecular formula is C16H19BrO4. The molecule has 0 spiro atoms. The Morgan fingerprint density at radius 2 is 1.90 bits per heavy atom. The minimum Gasteiger partial charge on any atom is -0.496 e. The number of ketones is 1. The minimum absolute atomic E-state index is 0.135. The van der Waals surface area contributed by atoms with Crippen molar-refractivity contribution in [1.29, 1.82) is 0 Å². The molecule has 0 aromatic heterocycles. The van der Waals surface area contributed by atoms with Crippen molar-refractivity contribution >= 4 is 27.7 Å². The van der Waals surface area contributed by atoms with Crippen LogP contribution < -0.4 is 4.74 Å². The van der Waals surface area contributed by atoms with Gasteiger partial charge >= 0.3 is 5.97 Å². The van der Waals surface area contributed by atoms with Crippen molar-refractivity contribution in [3.05, 3.63) is 27.7 Å². The molecule has 1 aliphatic rings. The van der Waals surface area contributed by atoms with E-state index in [1.54, 1.807) is 12.1 Å². The van der Waals surface area contributed by atoms with Crippen molar-refractivity contribution in [3.8, 4) is 5.75 Å². The first kappa shape index (κ1) is 16.0. The molecule has 4 nitrogen and oxygen atoms in total. The third-order valence-corrected chi connectivity index (χ3v) is 5.05. The van der Waals surface area contributed by atoms with E-state index in [1.807, 2.05) is 13.8 Å². The number of Topliss-reactive ketones (excluding diaryl/α,β-unsaturated/α-hetero) is 1. The van der Waals surface area contributed by atoms with Crippen LogP contribution >= 0.6 is 15.9 Å². The Kier molecular flexibility index (Phi) is 4.71. The molecule has 0 bridgehead atoms. The van der Waals surface area contributed by atoms with Gasteiger partial charge in [0.05, 0.1) is 18.6 Å². The van der Waals surface area contributed by atoms with Crippen molar-refractivity contribution in [2.75, 3.05) is 7.11 Å². The maximum Gasteiger partial charge on any atom is 0.307 e. The normalized spacial score (nSPS) is 24.9. The number of ether oxygens (including phenoxy) is 1. The molecule has 5 heteroatoms. The molecule has 1 aromatic carbocycles. The van der Waals surface area contributed by atoms with Crippen LogP contribution in [0.1, 0.15) is 35.7 Å². The van der Waals surface area contributed by atoms with Gasteiger partial charge in [0.15, 0.2) is 5.78 Å². The van der Waals surface area contributed by atoms with Gasteiger partial charge in [-0.25, -0.2) is 0 Å². The first-order valence-electron chi connectivity index (χ1n) is 6.96. The van der Waals surface area contributed by atoms with Gasteiger partial charge in [0.2, 0.25) is 0 Å². The second-order valence-corrected chi connectivity index (χ2v) is 6.65. The largest absolute Gasteiger partial charge is 0.496 e. The van der Waals surface area contributed by atoms with Crippen LogP contribution in [0.3, 0.4) is 0 Å². The van der Waals surface area contributed by atoms with Gasteiger partial charge in [-0.3, -0.25) is 9.59 Å². The summed E-state index contributed by atoms with van der Waals surface area (Å²) in [5, 5.41) is 9.33. The number of carboxylic acid groups (broad SMARTS) is 1. The molecule has 0 amide bonds. The van der Waals surface area contributed by atoms with Crippen LogP contribution in [-0.2, 0) is 4.79 Å². The molecule has 2 rings (SSSR count). The zero-order valence-corrected chi connectivity index (χ0v) is 13.9. The zero-order chi connectivity index (χ0) is 15.7. The average Bonchev–Trinajstić information content (AvgIpc) is 2.82. The van der Waals surface area contributed by atoms with E-state index in [-0.39, 0.29) is 11.7 Å². The van der Waals surface area contributed by atoms with Gasteiger partial charge in [0.1, 0.15) is 5.75 Å². The summed E-state index contributed by atoms with van der Waals surface area (Å²) >= 11 is 3.42. The number of aliphatic carboxylic acids is 1. The molecule has 1 saturated carbocycles. The standard InChI is InChI=1S/C16H19BrO4/c1-8-4-10(11(5-8)16(19)20)15(18)12-7-13(17)9(2)6-14(12)21-3/h6-8,10-11H,4-5H2,1-3H3,(H,19,20). The van der Waals surface area contributed by atoms with Crippen LogP contribution in [-0.4, -0.2) is 24.0 Å². The van der Waals surface area contributed by atoms with Crippen LogP contribution in [0.15, 0.2) is 16.6 Å². The Morgan fingerprint density at radius 1 is 1.29 bits per heavy atom. The number of aryl methyl sites for hydroxylation is 1. The van der Waals surface area contributed by atoms with Crippen molar-refractivity contribution in [2.24, 2.45) is 17.8 Å². The van der Waals surface area contributed by atoms with E-state index in [0.29, 0.717) is 24.2 Å². The molecule has 0 aliphatic heterocycles. The first-order chi connectivity index (χ1) is 9.85. The molecule has 3 atom stereocenters. The molecule has 1 N–H and O–H groups in total. The monoisotopic (exact) mass is 354 g/mol. The highest BCUT2D eigenvalue weighted by atomic mass is 79.9. The first-order valence-corrected chi connectivity index (χ1v) is 7.75. The van der Waals surface area contributed by atoms with Crippen molar-refractivity contribution < 1.29 is 19.4 Å². The highest BCUT2D eigenvalue weighted by molar-refractivity contribution is 9.10. The summed E-state index contributed by atoms with van der Waals surface area (Å²) in [6.07, 6.45) is 1.17. The Balaban J connectivity index is 2.40. The maximum absolute atomic E-state index is 12.8. The highest BCUT2D eigenvalue weighted by Gasteiger charge is 2.42. The summed E-state index contributed by atoms with van der Waals surface area (Å²) < 4.78 is 6.12. The van der Waals surface area contributed by atoms with Gasteiger partial charge in [0.25, 0.3) is 0 Å². The Bertz CT molecular complexity index is 582. The fourth-order valence-electron chi connectivity index (χ4n) is 3.07. The van der Waals surface area contributed by atoms with E-state index >= 15 is 0 Å². The number of carbonyl (C=O) groups excluding carboxylic acids is 1. The smallest absolute Gasteiger partial charge is 0.307 e. The maximum atomic E-state index is 12.8. The average molecular weight is 355 g/mol. The van der Waals surface area contributed by atoms with Gasteiger partial charge in [-0.2, -0.15) is 0 Å². The number of hydrogen-bond acceptors (Lipinski definition) is 3. The van der Waals surface area contributed by atoms with Gasteiger partial charge in [0, 0.05) is 10.4 Å². The molecule has 1 aromatic rings. The SMILES string of the molecule is COc1cc(C)c(Br)cc1C(=O)C1CC(C)CC1C(=O)O. The predicted molar refractivity (Wildman–Crippen MR) is 82.8 cm³/mol. The molecule has 0 radical (unpaired) electrons. The molecule has 3 unspecified atom stereocenters. The Labute approximate surface area is 132 Å². The van der Waals surface area contributed by atoms with Crippen LogP contribution in [0.25, 0.3) is 0 Å². The second-order valence-electron chi connectivity index (χ2n) is 5.79. The van der Waals surface area contributed by atoms with Gasteiger partial charge in [-0.1, -0.05) is 22.9 Å². The lowest BCUT2D eigenvalue weighted by Crippen LogP contribution is -2.25. The van der Waals surface area contributed by atoms with E-state index in [9.17, 15) is 14.7 Å². The molecule has 1 aliphatic carbocycles. The second kappa shape index (κ2) is 6.18.